The van der Waals surface area contributed by atoms with Gasteiger partial charge in [0.25, 0.3) is 0 Å². The summed E-state index contributed by atoms with van der Waals surface area (Å²) in [5.41, 5.74) is 2.16. The third-order valence-electron chi connectivity index (χ3n) is 3.76. The molecule has 7 nitrogen and oxygen atoms in total. The number of hydrogen-bond donors (Lipinski definition) is 2. The largest absolute Gasteiger partial charge is 0.491 e. The van der Waals surface area contributed by atoms with Crippen molar-refractivity contribution in [3.8, 4) is 5.75 Å². The molecule has 0 aliphatic carbocycles. The number of benzene rings is 1. The summed E-state index contributed by atoms with van der Waals surface area (Å²) in [6, 6.07) is 6.09. The van der Waals surface area contributed by atoms with Gasteiger partial charge < -0.3 is 24.8 Å². The van der Waals surface area contributed by atoms with Crippen molar-refractivity contribution in [2.45, 2.75) is 27.3 Å². The van der Waals surface area contributed by atoms with E-state index in [0.29, 0.717) is 38.9 Å². The van der Waals surface area contributed by atoms with Crippen molar-refractivity contribution in [3.63, 3.8) is 0 Å². The molecule has 0 aromatic heterocycles. The van der Waals surface area contributed by atoms with Crippen LogP contribution in [-0.2, 0) is 20.8 Å². The zero-order valence-corrected chi connectivity index (χ0v) is 19.2. The molecule has 1 aromatic carbocycles. The van der Waals surface area contributed by atoms with Gasteiger partial charge in [0.2, 0.25) is 0 Å². The van der Waals surface area contributed by atoms with Gasteiger partial charge in [0.05, 0.1) is 19.6 Å². The van der Waals surface area contributed by atoms with Gasteiger partial charge in [0, 0.05) is 32.3 Å². The van der Waals surface area contributed by atoms with Crippen molar-refractivity contribution in [2.75, 3.05) is 40.5 Å². The standard InChI is InChI=1S/C19H31N3O4.HI/c1-6-25-9-10-26-17-11-14(2)7-8-16(17)13-22-19(20-4)21-12-15(3)18(23)24-5;/h7-8,11,15H,6,9-10,12-13H2,1-5H3,(H2,20,21,22);1H. The number of carbonyl (C=O) groups excluding carboxylic acids is 1. The zero-order chi connectivity index (χ0) is 19.4. The molecule has 0 aliphatic heterocycles. The second-order valence-electron chi connectivity index (χ2n) is 5.89. The van der Waals surface area contributed by atoms with Crippen molar-refractivity contribution in [2.24, 2.45) is 10.9 Å². The van der Waals surface area contributed by atoms with E-state index in [9.17, 15) is 4.79 Å². The van der Waals surface area contributed by atoms with Crippen LogP contribution >= 0.6 is 24.0 Å². The fourth-order valence-corrected chi connectivity index (χ4v) is 2.23. The second-order valence-corrected chi connectivity index (χ2v) is 5.89. The molecule has 1 rings (SSSR count). The van der Waals surface area contributed by atoms with E-state index in [1.165, 1.54) is 7.11 Å². The van der Waals surface area contributed by atoms with E-state index < -0.39 is 0 Å². The Balaban J connectivity index is 0.00000676. The summed E-state index contributed by atoms with van der Waals surface area (Å²) in [6.45, 7) is 8.53. The second kappa shape index (κ2) is 14.5. The van der Waals surface area contributed by atoms with Gasteiger partial charge in [-0.2, -0.15) is 0 Å². The smallest absolute Gasteiger partial charge is 0.310 e. The summed E-state index contributed by atoms with van der Waals surface area (Å²) >= 11 is 0. The Morgan fingerprint density at radius 3 is 2.63 bits per heavy atom. The quantitative estimate of drug-likeness (QED) is 0.172. The molecule has 154 valence electrons. The predicted molar refractivity (Wildman–Crippen MR) is 118 cm³/mol. The molecule has 0 aliphatic rings. The molecule has 0 radical (unpaired) electrons. The van der Waals surface area contributed by atoms with E-state index in [1.54, 1.807) is 14.0 Å². The van der Waals surface area contributed by atoms with Crippen molar-refractivity contribution >= 4 is 35.9 Å². The summed E-state index contributed by atoms with van der Waals surface area (Å²) < 4.78 is 15.9. The fourth-order valence-electron chi connectivity index (χ4n) is 2.23. The highest BCUT2D eigenvalue weighted by molar-refractivity contribution is 14.0. The van der Waals surface area contributed by atoms with Crippen LogP contribution in [0.4, 0.5) is 0 Å². The molecule has 1 unspecified atom stereocenters. The SMILES string of the molecule is CCOCCOc1cc(C)ccc1CNC(=NC)NCC(C)C(=O)OC.I. The molecular weight excluding hydrogens is 461 g/mol. The first-order valence-corrected chi connectivity index (χ1v) is 8.84. The van der Waals surface area contributed by atoms with Gasteiger partial charge in [0.1, 0.15) is 12.4 Å². The lowest BCUT2D eigenvalue weighted by Crippen LogP contribution is -2.40. The van der Waals surface area contributed by atoms with E-state index in [1.807, 2.05) is 32.0 Å². The summed E-state index contributed by atoms with van der Waals surface area (Å²) in [6.07, 6.45) is 0. The number of aliphatic imine (C=N–C) groups is 1. The zero-order valence-electron chi connectivity index (χ0n) is 16.8. The number of hydrogen-bond acceptors (Lipinski definition) is 5. The third-order valence-corrected chi connectivity index (χ3v) is 3.76. The minimum atomic E-state index is -0.254. The number of ether oxygens (including phenoxy) is 3. The maximum atomic E-state index is 11.5. The molecule has 1 aromatic rings. The highest BCUT2D eigenvalue weighted by atomic mass is 127. The van der Waals surface area contributed by atoms with Gasteiger partial charge in [0.15, 0.2) is 5.96 Å². The highest BCUT2D eigenvalue weighted by Crippen LogP contribution is 2.20. The number of nitrogens with zero attached hydrogens (tertiary/aromatic N) is 1. The lowest BCUT2D eigenvalue weighted by Gasteiger charge is -2.17. The molecule has 0 heterocycles. The Morgan fingerprint density at radius 1 is 1.26 bits per heavy atom. The third kappa shape index (κ3) is 9.81. The van der Waals surface area contributed by atoms with E-state index >= 15 is 0 Å². The van der Waals surface area contributed by atoms with Crippen molar-refractivity contribution < 1.29 is 19.0 Å². The lowest BCUT2D eigenvalue weighted by atomic mass is 10.1. The molecule has 0 amide bonds. The number of nitrogens with one attached hydrogen (secondary N) is 2. The Bertz CT molecular complexity index is 596. The maximum Gasteiger partial charge on any atom is 0.310 e. The average Bonchev–Trinajstić information content (AvgIpc) is 2.65. The van der Waals surface area contributed by atoms with Gasteiger partial charge in [-0.15, -0.1) is 24.0 Å². The predicted octanol–water partition coefficient (Wildman–Crippen LogP) is 2.50. The number of aryl methyl sites for hydroxylation is 1. The van der Waals surface area contributed by atoms with Crippen LogP contribution in [0.1, 0.15) is 25.0 Å². The number of carbonyl (C=O) groups is 1. The van der Waals surface area contributed by atoms with Gasteiger partial charge in [-0.05, 0) is 25.5 Å². The minimum Gasteiger partial charge on any atom is -0.491 e. The van der Waals surface area contributed by atoms with Gasteiger partial charge in [-0.3, -0.25) is 9.79 Å². The first-order valence-electron chi connectivity index (χ1n) is 8.84. The summed E-state index contributed by atoms with van der Waals surface area (Å²) in [5, 5.41) is 6.36. The maximum absolute atomic E-state index is 11.5. The molecule has 0 saturated carbocycles. The Morgan fingerprint density at radius 2 is 2.00 bits per heavy atom. The van der Waals surface area contributed by atoms with Crippen LogP contribution in [0.15, 0.2) is 23.2 Å². The van der Waals surface area contributed by atoms with E-state index in [-0.39, 0.29) is 35.9 Å². The van der Waals surface area contributed by atoms with Crippen LogP contribution in [-0.4, -0.2) is 52.5 Å². The number of guanidine groups is 1. The van der Waals surface area contributed by atoms with Gasteiger partial charge in [-0.25, -0.2) is 0 Å². The fraction of sp³-hybridized carbons (Fsp3) is 0.579. The van der Waals surface area contributed by atoms with E-state index in [2.05, 4.69) is 15.6 Å². The van der Waals surface area contributed by atoms with E-state index in [0.717, 1.165) is 16.9 Å². The molecule has 0 saturated heterocycles. The van der Waals surface area contributed by atoms with E-state index in [4.69, 9.17) is 14.2 Å². The van der Waals surface area contributed by atoms with Crippen LogP contribution in [0.2, 0.25) is 0 Å². The minimum absolute atomic E-state index is 0. The van der Waals surface area contributed by atoms with Crippen LogP contribution in [0.3, 0.4) is 0 Å². The Kier molecular flexibility index (Phi) is 13.7. The topological polar surface area (TPSA) is 81.2 Å². The van der Waals surface area contributed by atoms with Crippen molar-refractivity contribution in [1.29, 1.82) is 0 Å². The van der Waals surface area contributed by atoms with Gasteiger partial charge in [-0.1, -0.05) is 19.1 Å². The Hall–Kier alpha value is -1.55. The monoisotopic (exact) mass is 493 g/mol. The number of rotatable bonds is 10. The molecule has 0 spiro atoms. The number of methoxy groups -OCH3 is 1. The molecule has 0 bridgehead atoms. The van der Waals surface area contributed by atoms with Crippen LogP contribution in [0.25, 0.3) is 0 Å². The molecule has 1 atom stereocenters. The van der Waals surface area contributed by atoms with Crippen LogP contribution in [0.5, 0.6) is 5.75 Å². The first kappa shape index (κ1) is 25.4. The van der Waals surface area contributed by atoms with Crippen molar-refractivity contribution in [1.82, 2.24) is 10.6 Å². The first-order chi connectivity index (χ1) is 12.5. The number of halogens is 1. The highest BCUT2D eigenvalue weighted by Gasteiger charge is 2.13. The molecule has 2 N–H and O–H groups in total. The van der Waals surface area contributed by atoms with Gasteiger partial charge >= 0.3 is 5.97 Å². The molecule has 27 heavy (non-hydrogen) atoms. The molecule has 8 heteroatoms. The summed E-state index contributed by atoms with van der Waals surface area (Å²) in [4.78, 5) is 15.6. The average molecular weight is 493 g/mol. The van der Waals surface area contributed by atoms with Crippen LogP contribution in [0, 0.1) is 12.8 Å². The Labute approximate surface area is 179 Å². The van der Waals surface area contributed by atoms with Crippen LogP contribution < -0.4 is 15.4 Å². The normalized spacial score (nSPS) is 12.0. The molecule has 0 fully saturated rings. The number of esters is 1. The van der Waals surface area contributed by atoms with Crippen molar-refractivity contribution in [3.05, 3.63) is 29.3 Å². The summed E-state index contributed by atoms with van der Waals surface area (Å²) in [5.74, 6) is 0.934. The lowest BCUT2D eigenvalue weighted by molar-refractivity contribution is -0.144. The summed E-state index contributed by atoms with van der Waals surface area (Å²) in [7, 11) is 3.07. The molecular formula is C19H32IN3O4.